The molecule has 0 radical (unpaired) electrons. The summed E-state index contributed by atoms with van der Waals surface area (Å²) in [4.78, 5) is 0. The molecular formula is C6H15N3O2S. The highest BCUT2D eigenvalue weighted by atomic mass is 32.2. The molecule has 0 saturated heterocycles. The van der Waals surface area contributed by atoms with Crippen LogP contribution in [0.4, 0.5) is 0 Å². The summed E-state index contributed by atoms with van der Waals surface area (Å²) in [5.74, 6) is 0. The molecule has 6 heteroatoms. The van der Waals surface area contributed by atoms with E-state index >= 15 is 0 Å². The van der Waals surface area contributed by atoms with Gasteiger partial charge in [-0.2, -0.15) is 13.1 Å². The molecule has 1 aliphatic carbocycles. The van der Waals surface area contributed by atoms with Crippen molar-refractivity contribution in [3.8, 4) is 0 Å². The molecule has 1 aliphatic rings. The van der Waals surface area contributed by atoms with Crippen LogP contribution in [0.15, 0.2) is 0 Å². The zero-order valence-electron chi connectivity index (χ0n) is 6.91. The fourth-order valence-electron chi connectivity index (χ4n) is 1.70. The largest absolute Gasteiger partial charge is 0.329 e. The van der Waals surface area contributed by atoms with Gasteiger partial charge in [0, 0.05) is 12.1 Å². The van der Waals surface area contributed by atoms with Crippen molar-refractivity contribution in [3.63, 3.8) is 0 Å². The standard InChI is InChI=1S/C6H15N3O2S/c7-5-6(3-1-2-4-6)9-12(8,10)11/h9H,1-5,7H2,(H2,8,10,11). The monoisotopic (exact) mass is 193 g/mol. The van der Waals surface area contributed by atoms with E-state index in [2.05, 4.69) is 4.72 Å². The van der Waals surface area contributed by atoms with Gasteiger partial charge in [-0.15, -0.1) is 0 Å². The predicted octanol–water partition coefficient (Wildman–Crippen LogP) is -0.949. The number of rotatable bonds is 3. The van der Waals surface area contributed by atoms with Gasteiger partial charge >= 0.3 is 0 Å². The maximum atomic E-state index is 10.8. The molecule has 5 nitrogen and oxygen atoms in total. The molecule has 12 heavy (non-hydrogen) atoms. The van der Waals surface area contributed by atoms with E-state index in [0.717, 1.165) is 25.7 Å². The summed E-state index contributed by atoms with van der Waals surface area (Å²) in [5.41, 5.74) is 5.03. The van der Waals surface area contributed by atoms with Crippen LogP contribution in [0.5, 0.6) is 0 Å². The zero-order chi connectivity index (χ0) is 9.24. The van der Waals surface area contributed by atoms with Gasteiger partial charge < -0.3 is 5.73 Å². The first-order valence-electron chi connectivity index (χ1n) is 3.99. The minimum Gasteiger partial charge on any atom is -0.329 e. The quantitative estimate of drug-likeness (QED) is 0.539. The number of hydrogen-bond acceptors (Lipinski definition) is 3. The molecule has 72 valence electrons. The number of nitrogens with one attached hydrogen (secondary N) is 1. The molecule has 0 aromatic rings. The molecular weight excluding hydrogens is 178 g/mol. The lowest BCUT2D eigenvalue weighted by Gasteiger charge is -2.26. The Kier molecular flexibility index (Phi) is 2.72. The fraction of sp³-hybridized carbons (Fsp3) is 1.00. The van der Waals surface area contributed by atoms with Gasteiger partial charge in [0.05, 0.1) is 0 Å². The second-order valence-electron chi connectivity index (χ2n) is 3.34. The molecule has 1 rings (SSSR count). The van der Waals surface area contributed by atoms with Crippen molar-refractivity contribution in [2.24, 2.45) is 10.9 Å². The highest BCUT2D eigenvalue weighted by Crippen LogP contribution is 2.28. The first-order valence-corrected chi connectivity index (χ1v) is 5.54. The zero-order valence-corrected chi connectivity index (χ0v) is 7.73. The highest BCUT2D eigenvalue weighted by molar-refractivity contribution is 7.87. The predicted molar refractivity (Wildman–Crippen MR) is 46.5 cm³/mol. The average Bonchev–Trinajstić information content (AvgIpc) is 2.34. The Morgan fingerprint density at radius 2 is 1.83 bits per heavy atom. The maximum absolute atomic E-state index is 10.8. The lowest BCUT2D eigenvalue weighted by Crippen LogP contribution is -2.53. The summed E-state index contributed by atoms with van der Waals surface area (Å²) >= 11 is 0. The number of nitrogens with two attached hydrogens (primary N) is 2. The molecule has 0 aromatic heterocycles. The van der Waals surface area contributed by atoms with Crippen molar-refractivity contribution in [1.82, 2.24) is 4.72 Å². The molecule has 0 spiro atoms. The molecule has 5 N–H and O–H groups in total. The van der Waals surface area contributed by atoms with E-state index in [1.54, 1.807) is 0 Å². The van der Waals surface area contributed by atoms with E-state index in [4.69, 9.17) is 10.9 Å². The Morgan fingerprint density at radius 1 is 1.33 bits per heavy atom. The Labute approximate surface area is 72.7 Å². The van der Waals surface area contributed by atoms with Crippen LogP contribution in [-0.4, -0.2) is 20.5 Å². The maximum Gasteiger partial charge on any atom is 0.274 e. The Balaban J connectivity index is 2.68. The lowest BCUT2D eigenvalue weighted by atomic mass is 10.0. The molecule has 0 bridgehead atoms. The van der Waals surface area contributed by atoms with Crippen LogP contribution >= 0.6 is 0 Å². The normalized spacial score (nSPS) is 22.8. The van der Waals surface area contributed by atoms with Crippen LogP contribution in [0.2, 0.25) is 0 Å². The van der Waals surface area contributed by atoms with Gasteiger partial charge in [-0.3, -0.25) is 0 Å². The van der Waals surface area contributed by atoms with Crippen LogP contribution in [0, 0.1) is 0 Å². The van der Waals surface area contributed by atoms with Crippen LogP contribution in [0.25, 0.3) is 0 Å². The molecule has 1 saturated carbocycles. The van der Waals surface area contributed by atoms with Gasteiger partial charge in [-0.1, -0.05) is 12.8 Å². The Hall–Kier alpha value is -0.170. The van der Waals surface area contributed by atoms with Crippen molar-refractivity contribution in [2.45, 2.75) is 31.2 Å². The first-order chi connectivity index (χ1) is 5.47. The first kappa shape index (κ1) is 9.91. The SMILES string of the molecule is NCC1(NS(N)(=O)=O)CCCC1. The van der Waals surface area contributed by atoms with Crippen molar-refractivity contribution in [1.29, 1.82) is 0 Å². The molecule has 0 aromatic carbocycles. The molecule has 1 fully saturated rings. The molecule has 0 heterocycles. The van der Waals surface area contributed by atoms with Gasteiger partial charge in [-0.05, 0) is 12.8 Å². The molecule has 0 aliphatic heterocycles. The minimum atomic E-state index is -3.61. The van der Waals surface area contributed by atoms with Gasteiger partial charge in [0.1, 0.15) is 0 Å². The van der Waals surface area contributed by atoms with E-state index < -0.39 is 15.7 Å². The molecule has 0 amide bonds. The Morgan fingerprint density at radius 3 is 2.17 bits per heavy atom. The van der Waals surface area contributed by atoms with Crippen molar-refractivity contribution in [2.75, 3.05) is 6.54 Å². The van der Waals surface area contributed by atoms with Crippen molar-refractivity contribution >= 4 is 10.2 Å². The number of hydrogen-bond donors (Lipinski definition) is 3. The molecule has 0 unspecified atom stereocenters. The average molecular weight is 193 g/mol. The van der Waals surface area contributed by atoms with E-state index in [9.17, 15) is 8.42 Å². The van der Waals surface area contributed by atoms with E-state index in [0.29, 0.717) is 6.54 Å². The molecule has 0 atom stereocenters. The third kappa shape index (κ3) is 2.41. The second kappa shape index (κ2) is 3.29. The van der Waals surface area contributed by atoms with E-state index in [1.165, 1.54) is 0 Å². The third-order valence-electron chi connectivity index (χ3n) is 2.31. The van der Waals surface area contributed by atoms with Gasteiger partial charge in [-0.25, -0.2) is 5.14 Å². The van der Waals surface area contributed by atoms with Gasteiger partial charge in [0.15, 0.2) is 0 Å². The topological polar surface area (TPSA) is 98.2 Å². The van der Waals surface area contributed by atoms with Gasteiger partial charge in [0.25, 0.3) is 10.2 Å². The van der Waals surface area contributed by atoms with E-state index in [1.807, 2.05) is 0 Å². The summed E-state index contributed by atoms with van der Waals surface area (Å²) in [6, 6.07) is 0. The Bertz CT molecular complexity index is 244. The lowest BCUT2D eigenvalue weighted by molar-refractivity contribution is 0.400. The smallest absolute Gasteiger partial charge is 0.274 e. The fourth-order valence-corrected chi connectivity index (χ4v) is 2.59. The second-order valence-corrected chi connectivity index (χ2v) is 4.63. The summed E-state index contributed by atoms with van der Waals surface area (Å²) in [6.07, 6.45) is 3.61. The minimum absolute atomic E-state index is 0.323. The van der Waals surface area contributed by atoms with Crippen molar-refractivity contribution < 1.29 is 8.42 Å². The summed E-state index contributed by atoms with van der Waals surface area (Å²) in [6.45, 7) is 0.323. The summed E-state index contributed by atoms with van der Waals surface area (Å²) < 4.78 is 23.9. The van der Waals surface area contributed by atoms with Crippen LogP contribution < -0.4 is 15.6 Å². The van der Waals surface area contributed by atoms with Crippen LogP contribution in [0.1, 0.15) is 25.7 Å². The van der Waals surface area contributed by atoms with Crippen LogP contribution in [0.3, 0.4) is 0 Å². The summed E-state index contributed by atoms with van der Waals surface area (Å²) in [5, 5.41) is 4.88. The highest BCUT2D eigenvalue weighted by Gasteiger charge is 2.34. The van der Waals surface area contributed by atoms with E-state index in [-0.39, 0.29) is 0 Å². The van der Waals surface area contributed by atoms with Gasteiger partial charge in [0.2, 0.25) is 0 Å². The third-order valence-corrected chi connectivity index (χ3v) is 3.03. The van der Waals surface area contributed by atoms with Crippen molar-refractivity contribution in [3.05, 3.63) is 0 Å². The summed E-state index contributed by atoms with van der Waals surface area (Å²) in [7, 11) is -3.61. The van der Waals surface area contributed by atoms with Crippen LogP contribution in [-0.2, 0) is 10.2 Å².